The van der Waals surface area contributed by atoms with Gasteiger partial charge >= 0.3 is 6.03 Å². The van der Waals surface area contributed by atoms with Crippen LogP contribution in [0.3, 0.4) is 0 Å². The molecule has 35 heavy (non-hydrogen) atoms. The zero-order valence-electron chi connectivity index (χ0n) is 19.6. The quantitative estimate of drug-likeness (QED) is 0.305. The van der Waals surface area contributed by atoms with Crippen LogP contribution in [0, 0.1) is 0 Å². The Morgan fingerprint density at radius 2 is 1.94 bits per heavy atom. The number of benzene rings is 1. The van der Waals surface area contributed by atoms with Crippen LogP contribution < -0.4 is 21.8 Å². The van der Waals surface area contributed by atoms with Crippen LogP contribution in [0.25, 0.3) is 0 Å². The van der Waals surface area contributed by atoms with Crippen molar-refractivity contribution in [2.24, 2.45) is 10.8 Å². The Kier molecular flexibility index (Phi) is 8.76. The van der Waals surface area contributed by atoms with Crippen molar-refractivity contribution in [3.63, 3.8) is 0 Å². The average Bonchev–Trinajstić information content (AvgIpc) is 2.96. The summed E-state index contributed by atoms with van der Waals surface area (Å²) in [4.78, 5) is 63.1. The highest BCUT2D eigenvalue weighted by Crippen LogP contribution is 2.25. The standard InChI is InChI=1S/C23H31N7O5/c1-2-7-16(14-25-28-23(24)35)26-21(33)18-10-6-13-29-19(31)12-11-17(22(34)30(18)29)27-20(32)15-8-4-3-5-9-15/h3-5,8-9,14,16-18H,2,6-7,10-13H2,1H3,(H,26,33)(H,27,32)(H3,24,28,35)/b25-14+. The Balaban J connectivity index is 1.78. The number of carbonyl (C=O) groups excluding carboxylic acids is 5. The van der Waals surface area contributed by atoms with Crippen LogP contribution in [0.5, 0.6) is 0 Å². The normalized spacial score (nSPS) is 21.2. The Morgan fingerprint density at radius 3 is 2.63 bits per heavy atom. The van der Waals surface area contributed by atoms with E-state index in [2.05, 4.69) is 21.2 Å². The second kappa shape index (κ2) is 12.0. The number of primary amides is 1. The van der Waals surface area contributed by atoms with Crippen molar-refractivity contribution in [2.75, 3.05) is 6.54 Å². The number of hydrogen-bond donors (Lipinski definition) is 4. The van der Waals surface area contributed by atoms with E-state index < -0.39 is 41.9 Å². The SMILES string of the molecule is CCCC(/C=N/NC(N)=O)NC(=O)C1CCCN2C(=O)CCC(NC(=O)c3ccccc3)C(=O)N12. The topological polar surface area (TPSA) is 166 Å². The molecule has 0 spiro atoms. The fourth-order valence-electron chi connectivity index (χ4n) is 4.20. The third-order valence-corrected chi connectivity index (χ3v) is 5.86. The van der Waals surface area contributed by atoms with E-state index in [0.717, 1.165) is 6.42 Å². The summed E-state index contributed by atoms with van der Waals surface area (Å²) >= 11 is 0. The van der Waals surface area contributed by atoms with E-state index in [1.807, 2.05) is 6.92 Å². The minimum absolute atomic E-state index is 0.0697. The number of nitrogens with zero attached hydrogens (tertiary/aromatic N) is 3. The highest BCUT2D eigenvalue weighted by molar-refractivity contribution is 5.99. The number of carbonyl (C=O) groups is 5. The predicted molar refractivity (Wildman–Crippen MR) is 127 cm³/mol. The molecule has 2 heterocycles. The van der Waals surface area contributed by atoms with E-state index in [0.29, 0.717) is 31.4 Å². The monoisotopic (exact) mass is 485 g/mol. The van der Waals surface area contributed by atoms with Crippen molar-refractivity contribution in [3.05, 3.63) is 35.9 Å². The molecule has 2 aliphatic rings. The molecule has 12 nitrogen and oxygen atoms in total. The summed E-state index contributed by atoms with van der Waals surface area (Å²) in [6.07, 6.45) is 3.74. The molecule has 2 aliphatic heterocycles. The van der Waals surface area contributed by atoms with Gasteiger partial charge in [-0.1, -0.05) is 31.5 Å². The summed E-state index contributed by atoms with van der Waals surface area (Å²) in [7, 11) is 0. The second-order valence-corrected chi connectivity index (χ2v) is 8.45. The van der Waals surface area contributed by atoms with Crippen LogP contribution in [0.2, 0.25) is 0 Å². The molecule has 0 aliphatic carbocycles. The Hall–Kier alpha value is -3.96. The van der Waals surface area contributed by atoms with Gasteiger partial charge in [-0.3, -0.25) is 24.2 Å². The number of hydrazone groups is 1. The summed E-state index contributed by atoms with van der Waals surface area (Å²) in [5, 5.41) is 11.8. The lowest BCUT2D eigenvalue weighted by molar-refractivity contribution is -0.176. The number of hydrazine groups is 1. The summed E-state index contributed by atoms with van der Waals surface area (Å²) in [6.45, 7) is 2.24. The second-order valence-electron chi connectivity index (χ2n) is 8.45. The number of hydrogen-bond acceptors (Lipinski definition) is 6. The molecular formula is C23H31N7O5. The van der Waals surface area contributed by atoms with Gasteiger partial charge in [0, 0.05) is 24.7 Å². The fraction of sp³-hybridized carbons (Fsp3) is 0.478. The van der Waals surface area contributed by atoms with Crippen molar-refractivity contribution in [1.29, 1.82) is 0 Å². The lowest BCUT2D eigenvalue weighted by Crippen LogP contribution is -2.64. The van der Waals surface area contributed by atoms with Crippen LogP contribution in [0.1, 0.15) is 55.8 Å². The van der Waals surface area contributed by atoms with E-state index in [1.54, 1.807) is 30.3 Å². The molecule has 3 rings (SSSR count). The number of urea groups is 1. The molecular weight excluding hydrogens is 454 g/mol. The molecule has 0 radical (unpaired) electrons. The lowest BCUT2D eigenvalue weighted by atomic mass is 10.0. The first kappa shape index (κ1) is 25.7. The molecule has 3 atom stereocenters. The average molecular weight is 486 g/mol. The van der Waals surface area contributed by atoms with Crippen molar-refractivity contribution >= 4 is 35.9 Å². The van der Waals surface area contributed by atoms with Gasteiger partial charge in [-0.05, 0) is 37.8 Å². The maximum atomic E-state index is 13.5. The van der Waals surface area contributed by atoms with Crippen LogP contribution in [0.15, 0.2) is 35.4 Å². The first-order chi connectivity index (χ1) is 16.8. The maximum absolute atomic E-state index is 13.5. The number of nitrogens with two attached hydrogens (primary N) is 1. The molecule has 3 unspecified atom stereocenters. The van der Waals surface area contributed by atoms with Gasteiger partial charge in [0.05, 0.1) is 6.04 Å². The van der Waals surface area contributed by atoms with Crippen molar-refractivity contribution < 1.29 is 24.0 Å². The third-order valence-electron chi connectivity index (χ3n) is 5.86. The van der Waals surface area contributed by atoms with Gasteiger partial charge in [-0.15, -0.1) is 0 Å². The van der Waals surface area contributed by atoms with Crippen LogP contribution in [-0.4, -0.2) is 70.6 Å². The smallest absolute Gasteiger partial charge is 0.332 e. The van der Waals surface area contributed by atoms with Crippen LogP contribution >= 0.6 is 0 Å². The molecule has 12 heteroatoms. The summed E-state index contributed by atoms with van der Waals surface area (Å²) in [5.74, 6) is -1.65. The van der Waals surface area contributed by atoms with E-state index in [1.165, 1.54) is 16.2 Å². The largest absolute Gasteiger partial charge is 0.350 e. The molecule has 1 aromatic rings. The van der Waals surface area contributed by atoms with Crippen molar-refractivity contribution in [2.45, 2.75) is 63.6 Å². The summed E-state index contributed by atoms with van der Waals surface area (Å²) in [6, 6.07) is 5.26. The van der Waals surface area contributed by atoms with Gasteiger partial charge in [-0.25, -0.2) is 15.2 Å². The Bertz CT molecular complexity index is 984. The highest BCUT2D eigenvalue weighted by Gasteiger charge is 2.44. The van der Waals surface area contributed by atoms with Gasteiger partial charge in [0.1, 0.15) is 12.1 Å². The zero-order valence-corrected chi connectivity index (χ0v) is 19.6. The van der Waals surface area contributed by atoms with Gasteiger partial charge in [0.15, 0.2) is 0 Å². The van der Waals surface area contributed by atoms with Crippen molar-refractivity contribution in [3.8, 4) is 0 Å². The molecule has 5 N–H and O–H groups in total. The first-order valence-corrected chi connectivity index (χ1v) is 11.7. The molecule has 0 bridgehead atoms. The fourth-order valence-corrected chi connectivity index (χ4v) is 4.20. The first-order valence-electron chi connectivity index (χ1n) is 11.7. The van der Waals surface area contributed by atoms with Gasteiger partial charge < -0.3 is 16.4 Å². The zero-order chi connectivity index (χ0) is 25.4. The van der Waals surface area contributed by atoms with Crippen molar-refractivity contribution in [1.82, 2.24) is 26.1 Å². The predicted octanol–water partition coefficient (Wildman–Crippen LogP) is 0.252. The van der Waals surface area contributed by atoms with Crippen LogP contribution in [0.4, 0.5) is 4.79 Å². The molecule has 6 amide bonds. The van der Waals surface area contributed by atoms with Gasteiger partial charge in [0.2, 0.25) is 11.8 Å². The van der Waals surface area contributed by atoms with E-state index in [4.69, 9.17) is 5.73 Å². The molecule has 188 valence electrons. The molecule has 0 saturated carbocycles. The number of rotatable bonds is 8. The minimum Gasteiger partial charge on any atom is -0.350 e. The van der Waals surface area contributed by atoms with Gasteiger partial charge in [0.25, 0.3) is 11.8 Å². The molecule has 2 saturated heterocycles. The number of fused-ring (bicyclic) bond motifs is 1. The molecule has 0 aromatic heterocycles. The summed E-state index contributed by atoms with van der Waals surface area (Å²) < 4.78 is 0. The summed E-state index contributed by atoms with van der Waals surface area (Å²) in [5.41, 5.74) is 7.49. The van der Waals surface area contributed by atoms with E-state index in [-0.39, 0.29) is 18.7 Å². The van der Waals surface area contributed by atoms with E-state index >= 15 is 0 Å². The molecule has 2 fully saturated rings. The lowest BCUT2D eigenvalue weighted by Gasteiger charge is -2.43. The highest BCUT2D eigenvalue weighted by atomic mass is 16.2. The Labute approximate surface area is 203 Å². The number of nitrogens with one attached hydrogen (secondary N) is 3. The Morgan fingerprint density at radius 1 is 1.20 bits per heavy atom. The van der Waals surface area contributed by atoms with Gasteiger partial charge in [-0.2, -0.15) is 5.10 Å². The van der Waals surface area contributed by atoms with E-state index in [9.17, 15) is 24.0 Å². The minimum atomic E-state index is -0.946. The maximum Gasteiger partial charge on any atom is 0.332 e. The van der Waals surface area contributed by atoms with Crippen LogP contribution in [-0.2, 0) is 14.4 Å². The number of amides is 6. The molecule has 1 aromatic carbocycles. The third kappa shape index (κ3) is 6.55.